The van der Waals surface area contributed by atoms with E-state index in [4.69, 9.17) is 9.73 Å². The van der Waals surface area contributed by atoms with Gasteiger partial charge in [-0.2, -0.15) is 0 Å². The zero-order chi connectivity index (χ0) is 17.9. The van der Waals surface area contributed by atoms with Gasteiger partial charge in [0.05, 0.1) is 17.1 Å². The SMILES string of the molecule is CC(C)NC(=NCC1CCS(=O)(=O)C1)NC1CCOC2(CCCC2)C1.I. The average Bonchev–Trinajstić information content (AvgIpc) is 3.11. The molecule has 0 aromatic rings. The molecule has 0 amide bonds. The minimum absolute atomic E-state index is 0. The van der Waals surface area contributed by atoms with Crippen LogP contribution in [-0.2, 0) is 14.6 Å². The van der Waals surface area contributed by atoms with Crippen LogP contribution in [0.3, 0.4) is 0 Å². The molecule has 2 heterocycles. The number of sulfone groups is 1. The van der Waals surface area contributed by atoms with Gasteiger partial charge in [0.2, 0.25) is 0 Å². The van der Waals surface area contributed by atoms with Gasteiger partial charge in [0.15, 0.2) is 15.8 Å². The first-order valence-electron chi connectivity index (χ1n) is 9.78. The Labute approximate surface area is 175 Å². The molecule has 2 saturated heterocycles. The highest BCUT2D eigenvalue weighted by Gasteiger charge is 2.40. The van der Waals surface area contributed by atoms with Gasteiger partial charge < -0.3 is 15.4 Å². The summed E-state index contributed by atoms with van der Waals surface area (Å²) in [4.78, 5) is 4.71. The van der Waals surface area contributed by atoms with Crippen molar-refractivity contribution in [2.24, 2.45) is 10.9 Å². The van der Waals surface area contributed by atoms with Crippen molar-refractivity contribution in [1.82, 2.24) is 10.6 Å². The number of nitrogens with zero attached hydrogens (tertiary/aromatic N) is 1. The van der Waals surface area contributed by atoms with Crippen LogP contribution in [0, 0.1) is 5.92 Å². The fourth-order valence-corrected chi connectivity index (χ4v) is 6.20. The summed E-state index contributed by atoms with van der Waals surface area (Å²) in [7, 11) is -2.84. The summed E-state index contributed by atoms with van der Waals surface area (Å²) < 4.78 is 29.4. The van der Waals surface area contributed by atoms with E-state index in [1.165, 1.54) is 25.7 Å². The zero-order valence-corrected chi connectivity index (χ0v) is 19.1. The van der Waals surface area contributed by atoms with Gasteiger partial charge in [-0.3, -0.25) is 4.99 Å². The third-order valence-corrected chi connectivity index (χ3v) is 7.45. The minimum atomic E-state index is -2.84. The highest BCUT2D eigenvalue weighted by molar-refractivity contribution is 14.0. The molecule has 152 valence electrons. The largest absolute Gasteiger partial charge is 0.375 e. The van der Waals surface area contributed by atoms with Crippen molar-refractivity contribution in [3.05, 3.63) is 0 Å². The standard InChI is InChI=1S/C18H33N3O3S.HI/c1-14(2)20-17(19-12-15-6-10-25(22,23)13-15)21-16-5-9-24-18(11-16)7-3-4-8-18;/h14-16H,3-13H2,1-2H3,(H2,19,20,21);1H. The Morgan fingerprint density at radius 1 is 1.27 bits per heavy atom. The number of halogens is 1. The van der Waals surface area contributed by atoms with Gasteiger partial charge in [-0.15, -0.1) is 24.0 Å². The van der Waals surface area contributed by atoms with Crippen LogP contribution in [0.1, 0.15) is 58.8 Å². The fourth-order valence-electron chi connectivity index (χ4n) is 4.35. The second-order valence-corrected chi connectivity index (χ2v) is 10.6. The van der Waals surface area contributed by atoms with Crippen molar-refractivity contribution >= 4 is 39.8 Å². The summed E-state index contributed by atoms with van der Waals surface area (Å²) in [6.45, 7) is 5.59. The smallest absolute Gasteiger partial charge is 0.191 e. The van der Waals surface area contributed by atoms with Crippen molar-refractivity contribution in [2.45, 2.75) is 76.5 Å². The van der Waals surface area contributed by atoms with E-state index in [0.29, 0.717) is 24.4 Å². The number of rotatable bonds is 4. The highest BCUT2D eigenvalue weighted by Crippen LogP contribution is 2.39. The molecule has 3 aliphatic rings. The summed E-state index contributed by atoms with van der Waals surface area (Å²) in [5.41, 5.74) is 0.0817. The first kappa shape index (κ1) is 22.2. The lowest BCUT2D eigenvalue weighted by molar-refractivity contribution is -0.0815. The Kier molecular flexibility index (Phi) is 8.03. The van der Waals surface area contributed by atoms with E-state index in [9.17, 15) is 8.42 Å². The molecule has 3 rings (SSSR count). The molecule has 1 spiro atoms. The van der Waals surface area contributed by atoms with Gasteiger partial charge in [0.1, 0.15) is 0 Å². The molecule has 0 radical (unpaired) electrons. The summed E-state index contributed by atoms with van der Waals surface area (Å²) in [5, 5.41) is 6.99. The van der Waals surface area contributed by atoms with Gasteiger partial charge in [0.25, 0.3) is 0 Å². The number of hydrogen-bond acceptors (Lipinski definition) is 4. The maximum atomic E-state index is 11.6. The predicted octanol–water partition coefficient (Wildman–Crippen LogP) is 2.47. The first-order valence-corrected chi connectivity index (χ1v) is 11.6. The van der Waals surface area contributed by atoms with E-state index >= 15 is 0 Å². The quantitative estimate of drug-likeness (QED) is 0.353. The lowest BCUT2D eigenvalue weighted by Gasteiger charge is -2.39. The van der Waals surface area contributed by atoms with E-state index in [1.54, 1.807) is 0 Å². The van der Waals surface area contributed by atoms with Crippen LogP contribution < -0.4 is 10.6 Å². The Bertz CT molecular complexity index is 588. The topological polar surface area (TPSA) is 79.8 Å². The normalized spacial score (nSPS) is 30.3. The number of nitrogens with one attached hydrogen (secondary N) is 2. The van der Waals surface area contributed by atoms with Crippen molar-refractivity contribution in [1.29, 1.82) is 0 Å². The molecule has 26 heavy (non-hydrogen) atoms. The molecular weight excluding hydrogens is 465 g/mol. The van der Waals surface area contributed by atoms with Crippen molar-refractivity contribution in [2.75, 3.05) is 24.7 Å². The molecule has 2 aliphatic heterocycles. The second kappa shape index (κ2) is 9.41. The summed E-state index contributed by atoms with van der Waals surface area (Å²) in [5.74, 6) is 1.58. The van der Waals surface area contributed by atoms with E-state index in [2.05, 4.69) is 24.5 Å². The van der Waals surface area contributed by atoms with Crippen LogP contribution in [0.2, 0.25) is 0 Å². The van der Waals surface area contributed by atoms with Crippen molar-refractivity contribution in [3.8, 4) is 0 Å². The number of hydrogen-bond donors (Lipinski definition) is 2. The third kappa shape index (κ3) is 6.22. The van der Waals surface area contributed by atoms with E-state index in [0.717, 1.165) is 31.8 Å². The second-order valence-electron chi connectivity index (χ2n) is 8.33. The summed E-state index contributed by atoms with van der Waals surface area (Å²) >= 11 is 0. The van der Waals surface area contributed by atoms with E-state index < -0.39 is 9.84 Å². The molecule has 0 aromatic heterocycles. The lowest BCUT2D eigenvalue weighted by atomic mass is 9.89. The fraction of sp³-hybridized carbons (Fsp3) is 0.944. The molecule has 2 unspecified atom stereocenters. The predicted molar refractivity (Wildman–Crippen MR) is 116 cm³/mol. The van der Waals surface area contributed by atoms with Gasteiger partial charge in [-0.05, 0) is 51.9 Å². The number of guanidine groups is 1. The van der Waals surface area contributed by atoms with Gasteiger partial charge in [-0.25, -0.2) is 8.42 Å². The molecule has 2 N–H and O–H groups in total. The average molecular weight is 499 g/mol. The van der Waals surface area contributed by atoms with Crippen LogP contribution in [-0.4, -0.2) is 56.7 Å². The summed E-state index contributed by atoms with van der Waals surface area (Å²) in [6, 6.07) is 0.669. The molecule has 3 fully saturated rings. The lowest BCUT2D eigenvalue weighted by Crippen LogP contribution is -2.51. The Balaban J connectivity index is 0.00000243. The van der Waals surface area contributed by atoms with Crippen LogP contribution in [0.15, 0.2) is 4.99 Å². The molecule has 1 aliphatic carbocycles. The Morgan fingerprint density at radius 3 is 2.62 bits per heavy atom. The molecule has 1 saturated carbocycles. The van der Waals surface area contributed by atoms with Gasteiger partial charge in [0, 0.05) is 25.2 Å². The Hall–Kier alpha value is -0.0900. The molecule has 6 nitrogen and oxygen atoms in total. The first-order chi connectivity index (χ1) is 11.9. The number of ether oxygens (including phenoxy) is 1. The maximum Gasteiger partial charge on any atom is 0.191 e. The summed E-state index contributed by atoms with van der Waals surface area (Å²) in [6.07, 6.45) is 7.68. The molecular formula is C18H34IN3O3S. The maximum absolute atomic E-state index is 11.6. The number of aliphatic imine (C=N–C) groups is 1. The molecule has 8 heteroatoms. The minimum Gasteiger partial charge on any atom is -0.375 e. The highest BCUT2D eigenvalue weighted by atomic mass is 127. The van der Waals surface area contributed by atoms with Crippen LogP contribution >= 0.6 is 24.0 Å². The third-order valence-electron chi connectivity index (χ3n) is 5.61. The van der Waals surface area contributed by atoms with Gasteiger partial charge >= 0.3 is 0 Å². The Morgan fingerprint density at radius 2 is 2.00 bits per heavy atom. The van der Waals surface area contributed by atoms with E-state index in [1.807, 2.05) is 0 Å². The van der Waals surface area contributed by atoms with Crippen LogP contribution in [0.4, 0.5) is 0 Å². The monoisotopic (exact) mass is 499 g/mol. The molecule has 0 aromatic carbocycles. The van der Waals surface area contributed by atoms with E-state index in [-0.39, 0.29) is 41.2 Å². The zero-order valence-electron chi connectivity index (χ0n) is 16.0. The van der Waals surface area contributed by atoms with Crippen molar-refractivity contribution in [3.63, 3.8) is 0 Å². The molecule has 0 bridgehead atoms. The van der Waals surface area contributed by atoms with Gasteiger partial charge in [-0.1, -0.05) is 12.8 Å². The van der Waals surface area contributed by atoms with Crippen LogP contribution in [0.5, 0.6) is 0 Å². The molecule has 2 atom stereocenters. The van der Waals surface area contributed by atoms with Crippen molar-refractivity contribution < 1.29 is 13.2 Å². The van der Waals surface area contributed by atoms with Crippen LogP contribution in [0.25, 0.3) is 0 Å².